The van der Waals surface area contributed by atoms with Crippen molar-refractivity contribution in [2.45, 2.75) is 10.9 Å². The fraction of sp³-hybridized carbons (Fsp3) is 0.207. The molecular weight excluding hydrogens is 861 g/mol. The molecule has 3 aromatic rings. The summed E-state index contributed by atoms with van der Waals surface area (Å²) in [4.78, 5) is 48.3. The number of aromatic carboxylic acids is 1. The molecule has 0 bridgehead atoms. The SMILES string of the molecule is O=NCNc1cc(NN=c2c(C(=O)O)cc(=O)c(=NNc3ccc(S(=O)(=O)CCOS(=O)(=O)O)cc3)c2=O)ccc1N=NC1C=CC(S(=O)(=O)CCOS(=O)(=O)O)=C1. The van der Waals surface area contributed by atoms with E-state index in [-0.39, 0.29) is 32.6 Å². The molecule has 0 heterocycles. The third-order valence-electron chi connectivity index (χ3n) is 7.18. The van der Waals surface area contributed by atoms with Crippen molar-refractivity contribution in [3.8, 4) is 0 Å². The van der Waals surface area contributed by atoms with Gasteiger partial charge < -0.3 is 10.4 Å². The van der Waals surface area contributed by atoms with Crippen LogP contribution < -0.4 is 37.7 Å². The molecule has 4 rings (SSSR count). The second kappa shape index (κ2) is 18.5. The number of sulfone groups is 2. The van der Waals surface area contributed by atoms with Crippen molar-refractivity contribution in [3.63, 3.8) is 0 Å². The average molecular weight is 889 g/mol. The van der Waals surface area contributed by atoms with Crippen molar-refractivity contribution in [3.05, 3.63) is 113 Å². The normalized spacial score (nSPS) is 15.4. The summed E-state index contributed by atoms with van der Waals surface area (Å²) in [6.45, 7) is -2.17. The quantitative estimate of drug-likeness (QED) is 0.0367. The minimum atomic E-state index is -4.86. The van der Waals surface area contributed by atoms with E-state index in [1.165, 1.54) is 48.6 Å². The number of nitrogens with one attached hydrogen (secondary N) is 3. The van der Waals surface area contributed by atoms with Crippen LogP contribution in [0.5, 0.6) is 0 Å². The molecule has 29 heteroatoms. The maximum atomic E-state index is 13.3. The lowest BCUT2D eigenvalue weighted by Crippen LogP contribution is -2.50. The Morgan fingerprint density at radius 1 is 0.776 bits per heavy atom. The van der Waals surface area contributed by atoms with Crippen LogP contribution in [0.25, 0.3) is 0 Å². The number of benzene rings is 3. The van der Waals surface area contributed by atoms with E-state index in [1.54, 1.807) is 0 Å². The number of carboxylic acid groups (broad SMARTS) is 1. The summed E-state index contributed by atoms with van der Waals surface area (Å²) in [5.74, 6) is -3.27. The lowest BCUT2D eigenvalue weighted by atomic mass is 10.2. The lowest BCUT2D eigenvalue weighted by Gasteiger charge is -2.09. The standard InChI is InChI=1S/C29H28N8O17S4/c38-25-15-22(29(40)41)26(28(39)27(25)37-32-17-1-5-20(6-2-17)55(43,44)11-9-53-57(47,48)49)36-34-19-4-8-23(24(14-19)30-16-31-42)35-33-18-3-7-21(13-18)56(45,46)12-10-54-58(50,51)52/h1-8,13-15,18,30,32,34H,9-12,16H2,(H,40,41)(H,47,48,49)(H,50,51,52). The molecular formula is C29H28N8O17S4. The number of carbonyl (C=O) groups is 1. The van der Waals surface area contributed by atoms with Gasteiger partial charge in [0.05, 0.1) is 57.1 Å². The van der Waals surface area contributed by atoms with Gasteiger partial charge in [0.25, 0.3) is 0 Å². The fourth-order valence-electron chi connectivity index (χ4n) is 4.54. The largest absolute Gasteiger partial charge is 0.478 e. The van der Waals surface area contributed by atoms with E-state index >= 15 is 0 Å². The maximum absolute atomic E-state index is 13.3. The van der Waals surface area contributed by atoms with Crippen LogP contribution in [0, 0.1) is 4.91 Å². The van der Waals surface area contributed by atoms with Crippen molar-refractivity contribution in [1.82, 2.24) is 0 Å². The zero-order chi connectivity index (χ0) is 42.9. The van der Waals surface area contributed by atoms with Crippen LogP contribution >= 0.6 is 0 Å². The van der Waals surface area contributed by atoms with Gasteiger partial charge in [-0.15, -0.1) is 4.91 Å². The molecule has 0 fully saturated rings. The second-order valence-electron chi connectivity index (χ2n) is 11.2. The van der Waals surface area contributed by atoms with Crippen LogP contribution in [0.15, 0.2) is 112 Å². The third kappa shape index (κ3) is 12.8. The molecule has 25 nitrogen and oxygen atoms in total. The first-order valence-corrected chi connectivity index (χ1v) is 21.6. The topological polar surface area (TPSA) is 382 Å². The Bertz CT molecular complexity index is 2870. The zero-order valence-electron chi connectivity index (χ0n) is 28.9. The van der Waals surface area contributed by atoms with Gasteiger partial charge in [-0.25, -0.2) is 30.0 Å². The number of nitrogens with zero attached hydrogens (tertiary/aromatic N) is 5. The van der Waals surface area contributed by atoms with Gasteiger partial charge in [-0.3, -0.25) is 29.5 Å². The monoisotopic (exact) mass is 888 g/mol. The smallest absolute Gasteiger partial charge is 0.397 e. The highest BCUT2D eigenvalue weighted by molar-refractivity contribution is 7.95. The van der Waals surface area contributed by atoms with E-state index in [4.69, 9.17) is 9.11 Å². The summed E-state index contributed by atoms with van der Waals surface area (Å²) in [5, 5.41) is 29.2. The first-order valence-electron chi connectivity index (χ1n) is 15.6. The van der Waals surface area contributed by atoms with Crippen LogP contribution in [0.2, 0.25) is 0 Å². The van der Waals surface area contributed by atoms with Gasteiger partial charge in [0, 0.05) is 6.07 Å². The lowest BCUT2D eigenvalue weighted by molar-refractivity contribution is 0.0694. The predicted molar refractivity (Wildman–Crippen MR) is 200 cm³/mol. The molecule has 0 spiro atoms. The zero-order valence-corrected chi connectivity index (χ0v) is 32.2. The van der Waals surface area contributed by atoms with E-state index in [0.717, 1.165) is 12.1 Å². The van der Waals surface area contributed by atoms with Gasteiger partial charge >= 0.3 is 26.8 Å². The van der Waals surface area contributed by atoms with Crippen molar-refractivity contribution in [2.24, 2.45) is 25.6 Å². The second-order valence-corrected chi connectivity index (χ2v) is 17.6. The van der Waals surface area contributed by atoms with Gasteiger partial charge in [-0.2, -0.15) is 37.3 Å². The molecule has 6 N–H and O–H groups in total. The van der Waals surface area contributed by atoms with Crippen LogP contribution in [-0.4, -0.2) is 91.3 Å². The molecule has 0 radical (unpaired) electrons. The highest BCUT2D eigenvalue weighted by atomic mass is 32.3. The Morgan fingerprint density at radius 3 is 1.97 bits per heavy atom. The first kappa shape index (κ1) is 44.8. The Kier molecular flexibility index (Phi) is 14.3. The van der Waals surface area contributed by atoms with Gasteiger partial charge in [-0.1, -0.05) is 6.08 Å². The predicted octanol–water partition coefficient (Wildman–Crippen LogP) is -0.294. The van der Waals surface area contributed by atoms with Crippen molar-refractivity contribution in [1.29, 1.82) is 0 Å². The highest BCUT2D eigenvalue weighted by Crippen LogP contribution is 2.30. The van der Waals surface area contributed by atoms with Crippen molar-refractivity contribution in [2.75, 3.05) is 47.6 Å². The van der Waals surface area contributed by atoms with Crippen LogP contribution in [0.1, 0.15) is 10.4 Å². The number of allylic oxidation sites excluding steroid dienone is 1. The van der Waals surface area contributed by atoms with Gasteiger partial charge in [0.1, 0.15) is 23.8 Å². The number of rotatable bonds is 20. The molecule has 3 aromatic carbocycles. The number of hydrogen-bond donors (Lipinski definition) is 6. The molecule has 0 aromatic heterocycles. The van der Waals surface area contributed by atoms with Gasteiger partial charge in [-0.05, 0) is 59.8 Å². The molecule has 0 saturated carbocycles. The molecule has 0 saturated heterocycles. The minimum absolute atomic E-state index is 0.0576. The van der Waals surface area contributed by atoms with E-state index in [2.05, 4.69) is 50.1 Å². The fourth-order valence-corrected chi connectivity index (χ4v) is 7.60. The van der Waals surface area contributed by atoms with Crippen LogP contribution in [0.4, 0.5) is 22.7 Å². The number of hydrogen-bond acceptors (Lipinski definition) is 22. The number of carboxylic acids is 1. The average Bonchev–Trinajstić information content (AvgIpc) is 3.62. The van der Waals surface area contributed by atoms with Gasteiger partial charge in [0.15, 0.2) is 25.0 Å². The Balaban J connectivity index is 1.57. The number of nitroso groups, excluding NO2 is 1. The Morgan fingerprint density at radius 2 is 1.36 bits per heavy atom. The van der Waals surface area contributed by atoms with Crippen molar-refractivity contribution < 1.29 is 61.0 Å². The molecule has 0 amide bonds. The van der Waals surface area contributed by atoms with Gasteiger partial charge in [0.2, 0.25) is 10.9 Å². The van der Waals surface area contributed by atoms with Crippen LogP contribution in [-0.2, 0) is 48.8 Å². The minimum Gasteiger partial charge on any atom is -0.478 e. The number of azo groups is 1. The number of anilines is 3. The molecule has 58 heavy (non-hydrogen) atoms. The summed E-state index contributed by atoms with van der Waals surface area (Å²) < 4.78 is 118. The van der Waals surface area contributed by atoms with E-state index < -0.39 is 111 Å². The summed E-state index contributed by atoms with van der Waals surface area (Å²) in [5.41, 5.74) is 2.01. The van der Waals surface area contributed by atoms with E-state index in [9.17, 15) is 58.1 Å². The molecule has 1 atom stereocenters. The molecule has 0 aliphatic heterocycles. The van der Waals surface area contributed by atoms with E-state index in [1.807, 2.05) is 0 Å². The Hall–Kier alpha value is -5.95. The summed E-state index contributed by atoms with van der Waals surface area (Å²) >= 11 is 0. The van der Waals surface area contributed by atoms with E-state index in [0.29, 0.717) is 6.07 Å². The maximum Gasteiger partial charge on any atom is 0.397 e. The van der Waals surface area contributed by atoms with Crippen molar-refractivity contribution >= 4 is 69.2 Å². The summed E-state index contributed by atoms with van der Waals surface area (Å²) in [7, 11) is -17.8. The molecule has 310 valence electrons. The molecule has 1 aliphatic rings. The Labute approximate surface area is 326 Å². The first-order chi connectivity index (χ1) is 27.1. The summed E-state index contributed by atoms with van der Waals surface area (Å²) in [6.07, 6.45) is 3.76. The van der Waals surface area contributed by atoms with Crippen LogP contribution in [0.3, 0.4) is 0 Å². The molecule has 1 unspecified atom stereocenters. The third-order valence-corrected chi connectivity index (χ3v) is 11.5. The summed E-state index contributed by atoms with van der Waals surface area (Å²) in [6, 6.07) is 8.21. The molecule has 1 aliphatic carbocycles. The highest BCUT2D eigenvalue weighted by Gasteiger charge is 2.22.